The van der Waals surface area contributed by atoms with Crippen LogP contribution >= 0.6 is 22.7 Å². The monoisotopic (exact) mass is 422 g/mol. The zero-order valence-electron chi connectivity index (χ0n) is 15.9. The number of amides is 1. The van der Waals surface area contributed by atoms with E-state index in [9.17, 15) is 4.79 Å². The van der Waals surface area contributed by atoms with Crippen molar-refractivity contribution in [3.05, 3.63) is 64.6 Å². The van der Waals surface area contributed by atoms with Gasteiger partial charge in [-0.1, -0.05) is 6.07 Å². The third-order valence-electron chi connectivity index (χ3n) is 4.07. The molecule has 1 amide bonds. The summed E-state index contributed by atoms with van der Waals surface area (Å²) in [7, 11) is 0. The summed E-state index contributed by atoms with van der Waals surface area (Å²) < 4.78 is 5.47. The Hall–Kier alpha value is -3.10. The molecule has 0 atom stereocenters. The highest BCUT2D eigenvalue weighted by Gasteiger charge is 2.18. The van der Waals surface area contributed by atoms with Crippen LogP contribution in [-0.4, -0.2) is 27.5 Å². The molecular formula is C21H18N4O2S2. The summed E-state index contributed by atoms with van der Waals surface area (Å²) >= 11 is 2.73. The third kappa shape index (κ3) is 4.33. The second-order valence-corrected chi connectivity index (χ2v) is 7.96. The van der Waals surface area contributed by atoms with Crippen LogP contribution in [0.4, 0.5) is 5.13 Å². The largest absolute Gasteiger partial charge is 0.494 e. The quantitative estimate of drug-likeness (QED) is 0.457. The molecule has 0 radical (unpaired) electrons. The minimum Gasteiger partial charge on any atom is -0.494 e. The summed E-state index contributed by atoms with van der Waals surface area (Å²) in [5.41, 5.74) is 3.16. The molecule has 0 unspecified atom stereocenters. The van der Waals surface area contributed by atoms with E-state index >= 15 is 0 Å². The van der Waals surface area contributed by atoms with Crippen molar-refractivity contribution in [2.45, 2.75) is 13.8 Å². The number of aromatic nitrogens is 3. The molecule has 146 valence electrons. The first-order valence-electron chi connectivity index (χ1n) is 9.03. The van der Waals surface area contributed by atoms with Crippen LogP contribution < -0.4 is 10.1 Å². The number of nitrogens with zero attached hydrogens (tertiary/aromatic N) is 3. The number of benzene rings is 1. The van der Waals surface area contributed by atoms with Crippen molar-refractivity contribution in [1.29, 1.82) is 0 Å². The van der Waals surface area contributed by atoms with Crippen LogP contribution in [0.5, 0.6) is 5.75 Å². The van der Waals surface area contributed by atoms with E-state index < -0.39 is 0 Å². The number of aryl methyl sites for hydroxylation is 1. The first-order valence-corrected chi connectivity index (χ1v) is 10.7. The maximum Gasteiger partial charge on any atom is 0.269 e. The van der Waals surface area contributed by atoms with Gasteiger partial charge in [-0.2, -0.15) is 0 Å². The molecule has 6 nitrogen and oxygen atoms in total. The van der Waals surface area contributed by atoms with Crippen molar-refractivity contribution in [3.63, 3.8) is 0 Å². The molecule has 1 aromatic carbocycles. The molecule has 0 fully saturated rings. The van der Waals surface area contributed by atoms with Crippen molar-refractivity contribution >= 4 is 33.7 Å². The Balaban J connectivity index is 1.50. The molecule has 1 N–H and O–H groups in total. The van der Waals surface area contributed by atoms with Gasteiger partial charge in [0, 0.05) is 17.1 Å². The average molecular weight is 423 g/mol. The summed E-state index contributed by atoms with van der Waals surface area (Å²) in [6.45, 7) is 4.41. The van der Waals surface area contributed by atoms with Crippen LogP contribution in [0.2, 0.25) is 0 Å². The van der Waals surface area contributed by atoms with Crippen LogP contribution in [0.1, 0.15) is 22.3 Å². The van der Waals surface area contributed by atoms with Gasteiger partial charge in [-0.15, -0.1) is 22.7 Å². The lowest BCUT2D eigenvalue weighted by Gasteiger charge is -2.02. The van der Waals surface area contributed by atoms with E-state index in [4.69, 9.17) is 4.74 Å². The predicted molar refractivity (Wildman–Crippen MR) is 117 cm³/mol. The summed E-state index contributed by atoms with van der Waals surface area (Å²) in [5.74, 6) is 0.606. The van der Waals surface area contributed by atoms with E-state index in [0.29, 0.717) is 22.3 Å². The minimum absolute atomic E-state index is 0.209. The van der Waals surface area contributed by atoms with Gasteiger partial charge in [0.2, 0.25) is 0 Å². The first-order chi connectivity index (χ1) is 14.1. The topological polar surface area (TPSA) is 77.0 Å². The van der Waals surface area contributed by atoms with Crippen molar-refractivity contribution in [3.8, 4) is 27.7 Å². The van der Waals surface area contributed by atoms with Gasteiger partial charge in [0.25, 0.3) is 5.91 Å². The Bertz CT molecular complexity index is 1120. The lowest BCUT2D eigenvalue weighted by Crippen LogP contribution is -2.11. The van der Waals surface area contributed by atoms with E-state index in [1.165, 1.54) is 22.7 Å². The van der Waals surface area contributed by atoms with Gasteiger partial charge in [-0.3, -0.25) is 15.1 Å². The normalized spacial score (nSPS) is 10.7. The standard InChI is InChI=1S/C21H18N4O2S2/c1-3-27-15-9-7-14(8-10-15)20-23-13(2)18(29-20)19(26)25-21-24-17(12-28-21)16-6-4-5-11-22-16/h4-12H,3H2,1-2H3,(H,24,25,26). The van der Waals surface area contributed by atoms with Crippen molar-refractivity contribution in [1.82, 2.24) is 15.0 Å². The highest BCUT2D eigenvalue weighted by atomic mass is 32.1. The molecule has 3 aromatic heterocycles. The van der Waals surface area contributed by atoms with Gasteiger partial charge in [0.05, 0.1) is 18.0 Å². The number of nitrogens with one attached hydrogen (secondary N) is 1. The van der Waals surface area contributed by atoms with E-state index in [-0.39, 0.29) is 5.91 Å². The Morgan fingerprint density at radius 2 is 1.93 bits per heavy atom. The molecule has 0 saturated heterocycles. The number of thiazole rings is 2. The van der Waals surface area contributed by atoms with Crippen molar-refractivity contribution < 1.29 is 9.53 Å². The third-order valence-corrected chi connectivity index (χ3v) is 6.03. The number of ether oxygens (including phenoxy) is 1. The minimum atomic E-state index is -0.209. The maximum absolute atomic E-state index is 12.8. The fourth-order valence-corrected chi connectivity index (χ4v) is 4.37. The van der Waals surface area contributed by atoms with Gasteiger partial charge >= 0.3 is 0 Å². The summed E-state index contributed by atoms with van der Waals surface area (Å²) in [4.78, 5) is 26.6. The zero-order valence-corrected chi connectivity index (χ0v) is 17.5. The Morgan fingerprint density at radius 3 is 2.66 bits per heavy atom. The molecule has 4 aromatic rings. The summed E-state index contributed by atoms with van der Waals surface area (Å²) in [6, 6.07) is 13.4. The number of carbonyl (C=O) groups is 1. The Morgan fingerprint density at radius 1 is 1.10 bits per heavy atom. The highest BCUT2D eigenvalue weighted by Crippen LogP contribution is 2.30. The molecule has 0 aliphatic heterocycles. The number of pyridine rings is 1. The molecule has 8 heteroatoms. The Labute approximate surface area is 176 Å². The van der Waals surface area contributed by atoms with Gasteiger partial charge in [0.1, 0.15) is 21.3 Å². The van der Waals surface area contributed by atoms with Crippen molar-refractivity contribution in [2.75, 3.05) is 11.9 Å². The SMILES string of the molecule is CCOc1ccc(-c2nc(C)c(C(=O)Nc3nc(-c4ccccn4)cs3)s2)cc1. The van der Waals surface area contributed by atoms with Gasteiger partial charge in [-0.25, -0.2) is 9.97 Å². The van der Waals surface area contributed by atoms with E-state index in [1.807, 2.05) is 61.7 Å². The predicted octanol–water partition coefficient (Wildman–Crippen LogP) is 5.29. The van der Waals surface area contributed by atoms with Gasteiger partial charge in [0.15, 0.2) is 5.13 Å². The average Bonchev–Trinajstić information content (AvgIpc) is 3.36. The number of hydrogen-bond acceptors (Lipinski definition) is 7. The number of carbonyl (C=O) groups excluding carboxylic acids is 1. The molecule has 0 aliphatic rings. The molecule has 4 rings (SSSR count). The second-order valence-electron chi connectivity index (χ2n) is 6.10. The zero-order chi connectivity index (χ0) is 20.2. The molecule has 0 saturated carbocycles. The fourth-order valence-electron chi connectivity index (χ4n) is 2.71. The molecular weight excluding hydrogens is 404 g/mol. The summed E-state index contributed by atoms with van der Waals surface area (Å²) in [6.07, 6.45) is 1.72. The van der Waals surface area contributed by atoms with E-state index in [1.54, 1.807) is 6.20 Å². The number of rotatable bonds is 6. The maximum atomic E-state index is 12.8. The van der Waals surface area contributed by atoms with Gasteiger partial charge < -0.3 is 4.74 Å². The highest BCUT2D eigenvalue weighted by molar-refractivity contribution is 7.17. The van der Waals surface area contributed by atoms with E-state index in [0.717, 1.165) is 27.7 Å². The molecule has 29 heavy (non-hydrogen) atoms. The number of anilines is 1. The van der Waals surface area contributed by atoms with Gasteiger partial charge in [-0.05, 0) is 50.2 Å². The fraction of sp³-hybridized carbons (Fsp3) is 0.143. The first kappa shape index (κ1) is 19.2. The molecule has 0 bridgehead atoms. The Kier molecular flexibility index (Phi) is 5.64. The lowest BCUT2D eigenvalue weighted by molar-refractivity contribution is 0.103. The van der Waals surface area contributed by atoms with Crippen molar-refractivity contribution in [2.24, 2.45) is 0 Å². The van der Waals surface area contributed by atoms with Crippen LogP contribution in [0.3, 0.4) is 0 Å². The van der Waals surface area contributed by atoms with Crippen LogP contribution in [0.15, 0.2) is 54.0 Å². The van der Waals surface area contributed by atoms with Crippen LogP contribution in [0.25, 0.3) is 22.0 Å². The molecule has 3 heterocycles. The number of hydrogen-bond donors (Lipinski definition) is 1. The van der Waals surface area contributed by atoms with E-state index in [2.05, 4.69) is 20.3 Å². The molecule has 0 aliphatic carbocycles. The smallest absolute Gasteiger partial charge is 0.269 e. The van der Waals surface area contributed by atoms with Crippen LogP contribution in [0, 0.1) is 6.92 Å². The molecule has 0 spiro atoms. The lowest BCUT2D eigenvalue weighted by atomic mass is 10.2. The summed E-state index contributed by atoms with van der Waals surface area (Å²) in [5, 5.41) is 6.08. The van der Waals surface area contributed by atoms with Crippen LogP contribution in [-0.2, 0) is 0 Å². The second kappa shape index (κ2) is 8.50.